The highest BCUT2D eigenvalue weighted by atomic mass is 32.1. The Kier molecular flexibility index (Phi) is 4.93. The average Bonchev–Trinajstić information content (AvgIpc) is 2.91. The second-order valence-corrected chi connectivity index (χ2v) is 8.02. The van der Waals surface area contributed by atoms with Gasteiger partial charge < -0.3 is 5.32 Å². The molecule has 1 unspecified atom stereocenters. The first kappa shape index (κ1) is 16.0. The van der Waals surface area contributed by atoms with Gasteiger partial charge in [-0.05, 0) is 40.6 Å². The van der Waals surface area contributed by atoms with Crippen molar-refractivity contribution in [2.45, 2.75) is 65.6 Å². The van der Waals surface area contributed by atoms with Crippen LogP contribution in [0.4, 0.5) is 0 Å². The van der Waals surface area contributed by atoms with Gasteiger partial charge in [-0.1, -0.05) is 34.6 Å². The Morgan fingerprint density at radius 2 is 2.05 bits per heavy atom. The molecule has 0 aliphatic carbocycles. The predicted octanol–water partition coefficient (Wildman–Crippen LogP) is 4.13. The zero-order valence-electron chi connectivity index (χ0n) is 13.7. The third kappa shape index (κ3) is 3.26. The lowest BCUT2D eigenvalue weighted by Crippen LogP contribution is -2.66. The van der Waals surface area contributed by atoms with Crippen LogP contribution in [0.25, 0.3) is 0 Å². The molecule has 1 aromatic heterocycles. The molecule has 2 heterocycles. The number of nitrogens with one attached hydrogen (secondary N) is 1. The second-order valence-electron chi connectivity index (χ2n) is 7.24. The molecule has 3 heteroatoms. The van der Waals surface area contributed by atoms with Gasteiger partial charge in [-0.25, -0.2) is 0 Å². The highest BCUT2D eigenvalue weighted by Crippen LogP contribution is 2.33. The molecular weight excluding hydrogens is 264 g/mol. The van der Waals surface area contributed by atoms with Crippen molar-refractivity contribution in [3.63, 3.8) is 0 Å². The fourth-order valence-electron chi connectivity index (χ4n) is 3.27. The van der Waals surface area contributed by atoms with Crippen LogP contribution in [-0.2, 0) is 6.54 Å². The summed E-state index contributed by atoms with van der Waals surface area (Å²) in [5.74, 6) is 0. The summed E-state index contributed by atoms with van der Waals surface area (Å²) in [6.07, 6.45) is 2.44. The quantitative estimate of drug-likeness (QED) is 0.898. The minimum absolute atomic E-state index is 0.320. The summed E-state index contributed by atoms with van der Waals surface area (Å²) in [5, 5.41) is 8.31. The fraction of sp³-hybridized carbons (Fsp3) is 0.765. The molecule has 1 N–H and O–H groups in total. The van der Waals surface area contributed by atoms with Gasteiger partial charge in [0.05, 0.1) is 0 Å². The highest BCUT2D eigenvalue weighted by molar-refractivity contribution is 7.07. The van der Waals surface area contributed by atoms with E-state index >= 15 is 0 Å². The highest BCUT2D eigenvalue weighted by Gasteiger charge is 2.41. The van der Waals surface area contributed by atoms with Crippen LogP contribution in [-0.4, -0.2) is 29.6 Å². The van der Waals surface area contributed by atoms with Crippen LogP contribution in [0.2, 0.25) is 0 Å². The first-order valence-electron chi connectivity index (χ1n) is 7.91. The van der Waals surface area contributed by atoms with Gasteiger partial charge in [0.15, 0.2) is 0 Å². The summed E-state index contributed by atoms with van der Waals surface area (Å²) in [6, 6.07) is 2.85. The molecule has 0 saturated carbocycles. The standard InChI is InChI=1S/C17H30N2S/c1-6-17(7-2)13-18-15(16(3,4)5)11-19(17)10-14-8-9-20-12-14/h8-9,12,15,18H,6-7,10-11,13H2,1-5H3. The van der Waals surface area contributed by atoms with Crippen molar-refractivity contribution in [1.29, 1.82) is 0 Å². The van der Waals surface area contributed by atoms with Gasteiger partial charge in [0.1, 0.15) is 0 Å². The summed E-state index contributed by atoms with van der Waals surface area (Å²) >= 11 is 1.81. The Morgan fingerprint density at radius 3 is 2.55 bits per heavy atom. The monoisotopic (exact) mass is 294 g/mol. The lowest BCUT2D eigenvalue weighted by atomic mass is 9.80. The molecule has 114 valence electrons. The number of nitrogens with zero attached hydrogens (tertiary/aromatic N) is 1. The molecule has 0 radical (unpaired) electrons. The van der Waals surface area contributed by atoms with E-state index in [0.29, 0.717) is 17.0 Å². The van der Waals surface area contributed by atoms with Gasteiger partial charge in [0, 0.05) is 31.2 Å². The molecular formula is C17H30N2S. The first-order valence-corrected chi connectivity index (χ1v) is 8.85. The van der Waals surface area contributed by atoms with Crippen LogP contribution in [0.5, 0.6) is 0 Å². The van der Waals surface area contributed by atoms with Crippen molar-refractivity contribution >= 4 is 11.3 Å². The van der Waals surface area contributed by atoms with Crippen molar-refractivity contribution in [3.8, 4) is 0 Å². The maximum absolute atomic E-state index is 3.82. The van der Waals surface area contributed by atoms with E-state index in [1.165, 1.54) is 18.4 Å². The Balaban J connectivity index is 2.19. The van der Waals surface area contributed by atoms with E-state index in [1.807, 2.05) is 11.3 Å². The van der Waals surface area contributed by atoms with E-state index in [2.05, 4.69) is 61.7 Å². The number of rotatable bonds is 4. The van der Waals surface area contributed by atoms with Crippen molar-refractivity contribution in [1.82, 2.24) is 10.2 Å². The zero-order chi connectivity index (χ0) is 14.8. The van der Waals surface area contributed by atoms with E-state index in [4.69, 9.17) is 0 Å². The summed E-state index contributed by atoms with van der Waals surface area (Å²) < 4.78 is 0. The topological polar surface area (TPSA) is 15.3 Å². The third-order valence-electron chi connectivity index (χ3n) is 5.07. The summed E-state index contributed by atoms with van der Waals surface area (Å²) in [6.45, 7) is 15.1. The minimum Gasteiger partial charge on any atom is -0.310 e. The molecule has 1 saturated heterocycles. The number of thiophene rings is 1. The Bertz CT molecular complexity index is 401. The molecule has 1 atom stereocenters. The van der Waals surface area contributed by atoms with Gasteiger partial charge >= 0.3 is 0 Å². The van der Waals surface area contributed by atoms with Crippen LogP contribution < -0.4 is 5.32 Å². The van der Waals surface area contributed by atoms with Gasteiger partial charge in [-0.3, -0.25) is 4.90 Å². The summed E-state index contributed by atoms with van der Waals surface area (Å²) in [5.41, 5.74) is 2.11. The van der Waals surface area contributed by atoms with Gasteiger partial charge in [0.2, 0.25) is 0 Å². The molecule has 0 aromatic carbocycles. The van der Waals surface area contributed by atoms with Crippen LogP contribution in [0.1, 0.15) is 53.0 Å². The molecule has 1 aromatic rings. The van der Waals surface area contributed by atoms with Gasteiger partial charge in [0.25, 0.3) is 0 Å². The largest absolute Gasteiger partial charge is 0.310 e. The number of hydrogen-bond acceptors (Lipinski definition) is 3. The first-order chi connectivity index (χ1) is 9.41. The predicted molar refractivity (Wildman–Crippen MR) is 89.3 cm³/mol. The van der Waals surface area contributed by atoms with Gasteiger partial charge in [-0.15, -0.1) is 0 Å². The third-order valence-corrected chi connectivity index (χ3v) is 5.80. The SMILES string of the molecule is CCC1(CC)CNC(C(C)(C)C)CN1Cc1ccsc1. The molecule has 0 spiro atoms. The molecule has 2 rings (SSSR count). The number of piperazine rings is 1. The van der Waals surface area contributed by atoms with Crippen molar-refractivity contribution in [2.75, 3.05) is 13.1 Å². The fourth-order valence-corrected chi connectivity index (χ4v) is 3.93. The van der Waals surface area contributed by atoms with Crippen LogP contribution >= 0.6 is 11.3 Å². The Morgan fingerprint density at radius 1 is 1.35 bits per heavy atom. The molecule has 1 aliphatic heterocycles. The minimum atomic E-state index is 0.320. The molecule has 2 nitrogen and oxygen atoms in total. The number of hydrogen-bond donors (Lipinski definition) is 1. The lowest BCUT2D eigenvalue weighted by Gasteiger charge is -2.52. The van der Waals surface area contributed by atoms with Crippen molar-refractivity contribution in [3.05, 3.63) is 22.4 Å². The van der Waals surface area contributed by atoms with Crippen LogP contribution in [0.15, 0.2) is 16.8 Å². The summed E-state index contributed by atoms with van der Waals surface area (Å²) in [7, 11) is 0. The van der Waals surface area contributed by atoms with Crippen LogP contribution in [0.3, 0.4) is 0 Å². The maximum atomic E-state index is 3.82. The molecule has 0 bridgehead atoms. The van der Waals surface area contributed by atoms with E-state index in [-0.39, 0.29) is 0 Å². The van der Waals surface area contributed by atoms with E-state index < -0.39 is 0 Å². The molecule has 1 aliphatic rings. The smallest absolute Gasteiger partial charge is 0.0333 e. The van der Waals surface area contributed by atoms with Gasteiger partial charge in [-0.2, -0.15) is 11.3 Å². The van der Waals surface area contributed by atoms with Crippen LogP contribution in [0, 0.1) is 5.41 Å². The molecule has 20 heavy (non-hydrogen) atoms. The average molecular weight is 295 g/mol. The molecule has 0 amide bonds. The van der Waals surface area contributed by atoms with E-state index in [1.54, 1.807) is 0 Å². The molecule has 1 fully saturated rings. The van der Waals surface area contributed by atoms with Crippen molar-refractivity contribution < 1.29 is 0 Å². The Hall–Kier alpha value is -0.380. The summed E-state index contributed by atoms with van der Waals surface area (Å²) in [4.78, 5) is 2.74. The normalized spacial score (nSPS) is 23.9. The lowest BCUT2D eigenvalue weighted by molar-refractivity contribution is 0.00154. The maximum Gasteiger partial charge on any atom is 0.0333 e. The second kappa shape index (κ2) is 6.17. The zero-order valence-corrected chi connectivity index (χ0v) is 14.5. The van der Waals surface area contributed by atoms with E-state index in [9.17, 15) is 0 Å². The van der Waals surface area contributed by atoms with E-state index in [0.717, 1.165) is 19.6 Å². The Labute approximate surface area is 128 Å². The van der Waals surface area contributed by atoms with Crippen molar-refractivity contribution in [2.24, 2.45) is 5.41 Å².